The maximum Gasteiger partial charge on any atom is 0.188 e. The van der Waals surface area contributed by atoms with Crippen molar-refractivity contribution < 1.29 is 9.53 Å². The molecule has 0 aliphatic heterocycles. The van der Waals surface area contributed by atoms with Crippen molar-refractivity contribution in [3.63, 3.8) is 0 Å². The summed E-state index contributed by atoms with van der Waals surface area (Å²) >= 11 is 0. The number of benzene rings is 2. The highest BCUT2D eigenvalue weighted by atomic mass is 16.5. The van der Waals surface area contributed by atoms with E-state index < -0.39 is 0 Å². The van der Waals surface area contributed by atoms with Crippen LogP contribution in [0.4, 0.5) is 0 Å². The first-order valence-electron chi connectivity index (χ1n) is 8.82. The minimum Gasteiger partial charge on any atom is -0.494 e. The molecule has 2 aromatic carbocycles. The number of hydrogen-bond donors (Lipinski definition) is 0. The number of nitrogens with zero attached hydrogens (tertiary/aromatic N) is 2. The molecule has 0 fully saturated rings. The zero-order valence-corrected chi connectivity index (χ0v) is 15.3. The van der Waals surface area contributed by atoms with Crippen LogP contribution < -0.4 is 4.74 Å². The van der Waals surface area contributed by atoms with Crippen molar-refractivity contribution in [2.75, 3.05) is 6.61 Å². The molecule has 1 aromatic heterocycles. The highest BCUT2D eigenvalue weighted by Gasteiger charge is 2.17. The first-order chi connectivity index (χ1) is 13.2. The summed E-state index contributed by atoms with van der Waals surface area (Å²) in [6.07, 6.45) is 2.96. The predicted molar refractivity (Wildman–Crippen MR) is 105 cm³/mol. The van der Waals surface area contributed by atoms with Crippen LogP contribution in [-0.2, 0) is 0 Å². The Kier molecular flexibility index (Phi) is 5.96. The number of hydrogen-bond acceptors (Lipinski definition) is 4. The zero-order valence-electron chi connectivity index (χ0n) is 15.3. The van der Waals surface area contributed by atoms with Gasteiger partial charge in [-0.2, -0.15) is 0 Å². The van der Waals surface area contributed by atoms with Crippen molar-refractivity contribution in [2.45, 2.75) is 19.8 Å². The van der Waals surface area contributed by atoms with Gasteiger partial charge in [0, 0.05) is 23.2 Å². The molecule has 27 heavy (non-hydrogen) atoms. The highest BCUT2D eigenvalue weighted by molar-refractivity contribution is 5.99. The Morgan fingerprint density at radius 2 is 1.63 bits per heavy atom. The molecule has 0 aliphatic carbocycles. The quantitative estimate of drug-likeness (QED) is 0.506. The lowest BCUT2D eigenvalue weighted by atomic mass is 9.94. The molecule has 0 radical (unpaired) electrons. The SMILES string of the molecule is CCOc1ccc(C#Cc2ccc(C(C)C(=O)c3ccncn3)cc2)cc1. The summed E-state index contributed by atoms with van der Waals surface area (Å²) in [4.78, 5) is 20.4. The molecule has 0 aliphatic rings. The molecule has 0 saturated carbocycles. The lowest BCUT2D eigenvalue weighted by Crippen LogP contribution is -2.11. The van der Waals surface area contributed by atoms with E-state index in [-0.39, 0.29) is 11.7 Å². The third-order valence-corrected chi connectivity index (χ3v) is 4.15. The van der Waals surface area contributed by atoms with E-state index in [4.69, 9.17) is 4.74 Å². The summed E-state index contributed by atoms with van der Waals surface area (Å²) in [7, 11) is 0. The van der Waals surface area contributed by atoms with E-state index in [9.17, 15) is 4.79 Å². The second kappa shape index (κ2) is 8.77. The number of carbonyl (C=O) groups is 1. The van der Waals surface area contributed by atoms with Gasteiger partial charge >= 0.3 is 0 Å². The fourth-order valence-electron chi connectivity index (χ4n) is 2.61. The Labute approximate surface area is 159 Å². The monoisotopic (exact) mass is 356 g/mol. The van der Waals surface area contributed by atoms with Gasteiger partial charge in [-0.1, -0.05) is 30.9 Å². The molecule has 1 heterocycles. The maximum absolute atomic E-state index is 12.5. The van der Waals surface area contributed by atoms with E-state index in [0.29, 0.717) is 12.3 Å². The number of ether oxygens (including phenoxy) is 1. The Hall–Kier alpha value is -3.45. The van der Waals surface area contributed by atoms with Crippen molar-refractivity contribution >= 4 is 5.78 Å². The topological polar surface area (TPSA) is 52.1 Å². The van der Waals surface area contributed by atoms with Crippen LogP contribution >= 0.6 is 0 Å². The van der Waals surface area contributed by atoms with Crippen LogP contribution in [-0.4, -0.2) is 22.4 Å². The average Bonchev–Trinajstić information content (AvgIpc) is 2.73. The van der Waals surface area contributed by atoms with Crippen LogP contribution in [0.1, 0.15) is 46.9 Å². The largest absolute Gasteiger partial charge is 0.494 e. The van der Waals surface area contributed by atoms with E-state index >= 15 is 0 Å². The van der Waals surface area contributed by atoms with Crippen LogP contribution in [0.5, 0.6) is 5.75 Å². The first kappa shape index (κ1) is 18.3. The van der Waals surface area contributed by atoms with Gasteiger partial charge in [0.1, 0.15) is 17.8 Å². The second-order valence-electron chi connectivity index (χ2n) is 6.01. The van der Waals surface area contributed by atoms with Gasteiger partial charge in [-0.3, -0.25) is 4.79 Å². The Bertz CT molecular complexity index is 953. The molecule has 0 amide bonds. The summed E-state index contributed by atoms with van der Waals surface area (Å²) in [5.74, 6) is 6.83. The van der Waals surface area contributed by atoms with E-state index in [1.54, 1.807) is 12.3 Å². The van der Waals surface area contributed by atoms with Crippen LogP contribution in [0.25, 0.3) is 0 Å². The molecule has 0 N–H and O–H groups in total. The van der Waals surface area contributed by atoms with Crippen LogP contribution in [0.15, 0.2) is 67.1 Å². The molecule has 0 saturated heterocycles. The molecule has 0 spiro atoms. The van der Waals surface area contributed by atoms with Gasteiger partial charge in [0.25, 0.3) is 0 Å². The van der Waals surface area contributed by atoms with Gasteiger partial charge in [0.2, 0.25) is 0 Å². The normalized spacial score (nSPS) is 11.2. The molecule has 1 atom stereocenters. The molecule has 3 rings (SSSR count). The molecule has 4 heteroatoms. The Morgan fingerprint density at radius 1 is 1.00 bits per heavy atom. The summed E-state index contributed by atoms with van der Waals surface area (Å²) in [6.45, 7) is 4.49. The molecule has 1 unspecified atom stereocenters. The molecule has 4 nitrogen and oxygen atoms in total. The number of ketones is 1. The van der Waals surface area contributed by atoms with Gasteiger partial charge < -0.3 is 4.74 Å². The van der Waals surface area contributed by atoms with E-state index in [2.05, 4.69) is 21.8 Å². The standard InChI is InChI=1S/C23H20N2O2/c1-3-27-21-12-8-19(9-13-21)5-4-18-6-10-20(11-7-18)17(2)23(26)22-14-15-24-16-25-22/h6-17H,3H2,1-2H3. The average molecular weight is 356 g/mol. The molecular formula is C23H20N2O2. The number of carbonyl (C=O) groups excluding carboxylic acids is 1. The lowest BCUT2D eigenvalue weighted by molar-refractivity contribution is 0.0961. The summed E-state index contributed by atoms with van der Waals surface area (Å²) in [5.41, 5.74) is 3.19. The number of aromatic nitrogens is 2. The van der Waals surface area contributed by atoms with Crippen LogP contribution in [0, 0.1) is 11.8 Å². The molecule has 134 valence electrons. The summed E-state index contributed by atoms with van der Waals surface area (Å²) < 4.78 is 5.43. The zero-order chi connectivity index (χ0) is 19.1. The minimum absolute atomic E-state index is 0.0226. The Balaban J connectivity index is 1.69. The van der Waals surface area contributed by atoms with Crippen molar-refractivity contribution in [1.29, 1.82) is 0 Å². The van der Waals surface area contributed by atoms with Crippen molar-refractivity contribution in [2.24, 2.45) is 0 Å². The molecule has 3 aromatic rings. The van der Waals surface area contributed by atoms with Crippen LogP contribution in [0.3, 0.4) is 0 Å². The second-order valence-corrected chi connectivity index (χ2v) is 6.01. The van der Waals surface area contributed by atoms with Gasteiger partial charge in [-0.05, 0) is 55.0 Å². The van der Waals surface area contributed by atoms with Crippen molar-refractivity contribution in [1.82, 2.24) is 9.97 Å². The van der Waals surface area contributed by atoms with E-state index in [0.717, 1.165) is 22.4 Å². The predicted octanol–water partition coefficient (Wildman–Crippen LogP) is 4.26. The third kappa shape index (κ3) is 4.80. The smallest absolute Gasteiger partial charge is 0.188 e. The fourth-order valence-corrected chi connectivity index (χ4v) is 2.61. The van der Waals surface area contributed by atoms with E-state index in [1.807, 2.05) is 62.4 Å². The highest BCUT2D eigenvalue weighted by Crippen LogP contribution is 2.20. The van der Waals surface area contributed by atoms with Gasteiger partial charge in [0.15, 0.2) is 5.78 Å². The van der Waals surface area contributed by atoms with Crippen molar-refractivity contribution in [3.8, 4) is 17.6 Å². The third-order valence-electron chi connectivity index (χ3n) is 4.15. The number of Topliss-reactive ketones (excluding diaryl/α,β-unsaturated/α-hetero) is 1. The lowest BCUT2D eigenvalue weighted by Gasteiger charge is -2.10. The maximum atomic E-state index is 12.5. The Morgan fingerprint density at radius 3 is 2.19 bits per heavy atom. The summed E-state index contributed by atoms with van der Waals surface area (Å²) in [6, 6.07) is 17.1. The minimum atomic E-state index is -0.270. The van der Waals surface area contributed by atoms with Crippen LogP contribution in [0.2, 0.25) is 0 Å². The van der Waals surface area contributed by atoms with E-state index in [1.165, 1.54) is 6.33 Å². The molecule has 0 bridgehead atoms. The number of rotatable bonds is 5. The van der Waals surface area contributed by atoms with Gasteiger partial charge in [-0.15, -0.1) is 0 Å². The van der Waals surface area contributed by atoms with Gasteiger partial charge in [-0.25, -0.2) is 9.97 Å². The molecular weight excluding hydrogens is 336 g/mol. The summed E-state index contributed by atoms with van der Waals surface area (Å²) in [5, 5.41) is 0. The fraction of sp³-hybridized carbons (Fsp3) is 0.174. The van der Waals surface area contributed by atoms with Gasteiger partial charge in [0.05, 0.1) is 6.61 Å². The van der Waals surface area contributed by atoms with Crippen molar-refractivity contribution in [3.05, 3.63) is 89.5 Å². The first-order valence-corrected chi connectivity index (χ1v) is 8.82.